The zero-order valence-electron chi connectivity index (χ0n) is 11.5. The molecule has 0 saturated heterocycles. The largest absolute Gasteiger partial charge is 0.494 e. The highest BCUT2D eigenvalue weighted by Crippen LogP contribution is 2.24. The highest BCUT2D eigenvalue weighted by Gasteiger charge is 2.12. The number of rotatable bonds is 5. The molecule has 0 atom stereocenters. The average molecular weight is 274 g/mol. The Bertz CT molecular complexity index is 547. The molecule has 0 fully saturated rings. The number of benzene rings is 1. The molecular formula is C16H18O2S. The molecule has 1 aromatic heterocycles. The van der Waals surface area contributed by atoms with E-state index >= 15 is 0 Å². The lowest BCUT2D eigenvalue weighted by atomic mass is 10.1. The fourth-order valence-corrected chi connectivity index (χ4v) is 2.75. The van der Waals surface area contributed by atoms with Gasteiger partial charge in [0.15, 0.2) is 0 Å². The molecule has 0 aliphatic rings. The Morgan fingerprint density at radius 2 is 1.89 bits per heavy atom. The maximum absolute atomic E-state index is 12.3. The Labute approximate surface area is 118 Å². The van der Waals surface area contributed by atoms with Crippen LogP contribution in [0.1, 0.15) is 39.0 Å². The van der Waals surface area contributed by atoms with Gasteiger partial charge in [0.1, 0.15) is 5.75 Å². The summed E-state index contributed by atoms with van der Waals surface area (Å²) in [4.78, 5) is 14.3. The van der Waals surface area contributed by atoms with Gasteiger partial charge in [-0.1, -0.05) is 6.92 Å². The summed E-state index contributed by atoms with van der Waals surface area (Å²) in [5, 5.41) is 0. The SMILES string of the molecule is CCCOc1ccc(C(=O)c2cc(C)c(C)s2)cc1. The van der Waals surface area contributed by atoms with Crippen LogP contribution in [0.4, 0.5) is 0 Å². The Morgan fingerprint density at radius 3 is 2.42 bits per heavy atom. The Hall–Kier alpha value is -1.61. The molecule has 0 radical (unpaired) electrons. The zero-order chi connectivity index (χ0) is 13.8. The van der Waals surface area contributed by atoms with Crippen molar-refractivity contribution >= 4 is 17.1 Å². The molecule has 0 saturated carbocycles. The fraction of sp³-hybridized carbons (Fsp3) is 0.312. The van der Waals surface area contributed by atoms with E-state index in [0.29, 0.717) is 12.2 Å². The Balaban J connectivity index is 2.15. The molecule has 0 spiro atoms. The molecule has 1 aromatic carbocycles. The number of ketones is 1. The van der Waals surface area contributed by atoms with Crippen LogP contribution < -0.4 is 4.74 Å². The lowest BCUT2D eigenvalue weighted by Crippen LogP contribution is -1.99. The van der Waals surface area contributed by atoms with Crippen LogP contribution in [0, 0.1) is 13.8 Å². The van der Waals surface area contributed by atoms with E-state index in [2.05, 4.69) is 6.92 Å². The first-order valence-corrected chi connectivity index (χ1v) is 7.28. The minimum Gasteiger partial charge on any atom is -0.494 e. The van der Waals surface area contributed by atoms with Crippen LogP contribution in [0.5, 0.6) is 5.75 Å². The van der Waals surface area contributed by atoms with Gasteiger partial charge >= 0.3 is 0 Å². The van der Waals surface area contributed by atoms with Gasteiger partial charge in [-0.2, -0.15) is 0 Å². The predicted octanol–water partition coefficient (Wildman–Crippen LogP) is 4.38. The summed E-state index contributed by atoms with van der Waals surface area (Å²) in [6.45, 7) is 6.85. The number of hydrogen-bond donors (Lipinski definition) is 0. The summed E-state index contributed by atoms with van der Waals surface area (Å²) in [5.41, 5.74) is 1.89. The summed E-state index contributed by atoms with van der Waals surface area (Å²) >= 11 is 1.55. The third-order valence-corrected chi connectivity index (χ3v) is 4.13. The fourth-order valence-electron chi connectivity index (χ4n) is 1.75. The summed E-state index contributed by atoms with van der Waals surface area (Å²) in [7, 11) is 0. The van der Waals surface area contributed by atoms with Crippen molar-refractivity contribution in [1.29, 1.82) is 0 Å². The normalized spacial score (nSPS) is 10.5. The first-order valence-electron chi connectivity index (χ1n) is 6.46. The van der Waals surface area contributed by atoms with Crippen LogP contribution in [0.15, 0.2) is 30.3 Å². The van der Waals surface area contributed by atoms with Gasteiger partial charge in [-0.05, 0) is 56.2 Å². The number of carbonyl (C=O) groups excluding carboxylic acids is 1. The van der Waals surface area contributed by atoms with Crippen molar-refractivity contribution in [2.45, 2.75) is 27.2 Å². The quantitative estimate of drug-likeness (QED) is 0.756. The molecule has 2 rings (SSSR count). The highest BCUT2D eigenvalue weighted by atomic mass is 32.1. The topological polar surface area (TPSA) is 26.3 Å². The van der Waals surface area contributed by atoms with E-state index in [4.69, 9.17) is 4.74 Å². The first-order chi connectivity index (χ1) is 9.11. The van der Waals surface area contributed by atoms with Crippen LogP contribution in [-0.2, 0) is 0 Å². The van der Waals surface area contributed by atoms with Gasteiger partial charge in [0.05, 0.1) is 11.5 Å². The van der Waals surface area contributed by atoms with Gasteiger partial charge in [0.2, 0.25) is 5.78 Å². The Morgan fingerprint density at radius 1 is 1.21 bits per heavy atom. The molecule has 0 aliphatic carbocycles. The molecule has 0 aliphatic heterocycles. The van der Waals surface area contributed by atoms with Gasteiger partial charge < -0.3 is 4.74 Å². The van der Waals surface area contributed by atoms with Gasteiger partial charge in [-0.3, -0.25) is 4.79 Å². The second kappa shape index (κ2) is 6.02. The number of carbonyl (C=O) groups is 1. The third-order valence-electron chi connectivity index (χ3n) is 2.98. The predicted molar refractivity (Wildman–Crippen MR) is 79.5 cm³/mol. The second-order valence-corrected chi connectivity index (χ2v) is 5.81. The number of ether oxygens (including phenoxy) is 1. The highest BCUT2D eigenvalue weighted by molar-refractivity contribution is 7.14. The zero-order valence-corrected chi connectivity index (χ0v) is 12.3. The standard InChI is InChI=1S/C16H18O2S/c1-4-9-18-14-7-5-13(6-8-14)16(17)15-10-11(2)12(3)19-15/h5-8,10H,4,9H2,1-3H3. The van der Waals surface area contributed by atoms with E-state index in [0.717, 1.165) is 17.0 Å². The minimum absolute atomic E-state index is 0.0863. The van der Waals surface area contributed by atoms with Crippen LogP contribution in [0.2, 0.25) is 0 Å². The smallest absolute Gasteiger partial charge is 0.202 e. The van der Waals surface area contributed by atoms with Crippen LogP contribution in [0.25, 0.3) is 0 Å². The third kappa shape index (κ3) is 3.24. The van der Waals surface area contributed by atoms with Crippen molar-refractivity contribution in [1.82, 2.24) is 0 Å². The lowest BCUT2D eigenvalue weighted by molar-refractivity contribution is 0.104. The van der Waals surface area contributed by atoms with E-state index < -0.39 is 0 Å². The summed E-state index contributed by atoms with van der Waals surface area (Å²) in [5.74, 6) is 0.903. The Kier molecular flexibility index (Phi) is 4.38. The number of hydrogen-bond acceptors (Lipinski definition) is 3. The van der Waals surface area contributed by atoms with Crippen molar-refractivity contribution in [3.05, 3.63) is 51.2 Å². The van der Waals surface area contributed by atoms with Crippen LogP contribution >= 0.6 is 11.3 Å². The van der Waals surface area contributed by atoms with Crippen molar-refractivity contribution in [2.75, 3.05) is 6.61 Å². The monoisotopic (exact) mass is 274 g/mol. The minimum atomic E-state index is 0.0863. The molecule has 0 amide bonds. The molecule has 2 nitrogen and oxygen atoms in total. The summed E-state index contributed by atoms with van der Waals surface area (Å²) in [6, 6.07) is 9.34. The molecule has 0 N–H and O–H groups in total. The molecule has 100 valence electrons. The van der Waals surface area contributed by atoms with E-state index in [9.17, 15) is 4.79 Å². The van der Waals surface area contributed by atoms with E-state index in [1.54, 1.807) is 11.3 Å². The van der Waals surface area contributed by atoms with Crippen molar-refractivity contribution in [3.63, 3.8) is 0 Å². The summed E-state index contributed by atoms with van der Waals surface area (Å²) < 4.78 is 5.51. The molecule has 0 bridgehead atoms. The molecule has 3 heteroatoms. The second-order valence-electron chi connectivity index (χ2n) is 4.55. The van der Waals surface area contributed by atoms with E-state index in [1.807, 2.05) is 44.2 Å². The number of aryl methyl sites for hydroxylation is 2. The van der Waals surface area contributed by atoms with Crippen LogP contribution in [-0.4, -0.2) is 12.4 Å². The van der Waals surface area contributed by atoms with Gasteiger partial charge in [0.25, 0.3) is 0 Å². The van der Waals surface area contributed by atoms with Crippen molar-refractivity contribution < 1.29 is 9.53 Å². The number of thiophene rings is 1. The van der Waals surface area contributed by atoms with Gasteiger partial charge in [-0.25, -0.2) is 0 Å². The van der Waals surface area contributed by atoms with Crippen LogP contribution in [0.3, 0.4) is 0 Å². The molecule has 19 heavy (non-hydrogen) atoms. The summed E-state index contributed by atoms with van der Waals surface area (Å²) in [6.07, 6.45) is 0.981. The van der Waals surface area contributed by atoms with Crippen molar-refractivity contribution in [2.24, 2.45) is 0 Å². The van der Waals surface area contributed by atoms with Gasteiger partial charge in [0, 0.05) is 10.4 Å². The maximum Gasteiger partial charge on any atom is 0.202 e. The first kappa shape index (κ1) is 13.8. The van der Waals surface area contributed by atoms with Crippen molar-refractivity contribution in [3.8, 4) is 5.75 Å². The molecule has 2 aromatic rings. The molecule has 0 unspecified atom stereocenters. The van der Waals surface area contributed by atoms with Gasteiger partial charge in [-0.15, -0.1) is 11.3 Å². The van der Waals surface area contributed by atoms with E-state index in [1.165, 1.54) is 10.4 Å². The molecular weight excluding hydrogens is 256 g/mol. The molecule has 1 heterocycles. The lowest BCUT2D eigenvalue weighted by Gasteiger charge is -2.04. The maximum atomic E-state index is 12.3. The van der Waals surface area contributed by atoms with E-state index in [-0.39, 0.29) is 5.78 Å². The average Bonchev–Trinajstić information content (AvgIpc) is 2.76.